The fourth-order valence-electron chi connectivity index (χ4n) is 3.55. The molecule has 0 saturated carbocycles. The Morgan fingerprint density at radius 2 is 1.50 bits per heavy atom. The quantitative estimate of drug-likeness (QED) is 0.368. The van der Waals surface area contributed by atoms with Gasteiger partial charge in [-0.15, -0.1) is 0 Å². The molecule has 0 spiro atoms. The van der Waals surface area contributed by atoms with Crippen LogP contribution in [-0.2, 0) is 11.6 Å². The van der Waals surface area contributed by atoms with Gasteiger partial charge in [-0.25, -0.2) is 9.67 Å². The summed E-state index contributed by atoms with van der Waals surface area (Å²) in [6, 6.07) is 17.7. The summed E-state index contributed by atoms with van der Waals surface area (Å²) >= 11 is 0. The Morgan fingerprint density at radius 1 is 0.867 bits per heavy atom. The molecule has 0 aliphatic heterocycles. The molecule has 2 aromatic carbocycles. The topological polar surface area (TPSA) is 30.7 Å². The van der Waals surface area contributed by atoms with E-state index >= 15 is 0 Å². The van der Waals surface area contributed by atoms with Crippen molar-refractivity contribution < 1.29 is 13.2 Å². The van der Waals surface area contributed by atoms with Gasteiger partial charge in [0.05, 0.1) is 28.0 Å². The van der Waals surface area contributed by atoms with E-state index in [0.29, 0.717) is 16.9 Å². The highest BCUT2D eigenvalue weighted by atomic mass is 19.4. The summed E-state index contributed by atoms with van der Waals surface area (Å²) in [5.41, 5.74) is 2.40. The number of hydrogen-bond donors (Lipinski definition) is 0. The average Bonchev–Trinajstić information content (AvgIpc) is 3.03. The van der Waals surface area contributed by atoms with Crippen LogP contribution in [0.1, 0.15) is 37.6 Å². The maximum absolute atomic E-state index is 14.0. The lowest BCUT2D eigenvalue weighted by atomic mass is 9.86. The summed E-state index contributed by atoms with van der Waals surface area (Å²) in [7, 11) is 0. The van der Waals surface area contributed by atoms with Crippen molar-refractivity contribution in [3.63, 3.8) is 0 Å². The minimum Gasteiger partial charge on any atom is -0.228 e. The number of halogens is 3. The Labute approximate surface area is 173 Å². The highest BCUT2D eigenvalue weighted by Crippen LogP contribution is 2.39. The van der Waals surface area contributed by atoms with Gasteiger partial charge in [0.1, 0.15) is 0 Å². The molecule has 0 unspecified atom stereocenters. The molecule has 30 heavy (non-hydrogen) atoms. The monoisotopic (exact) mass is 409 g/mol. The molecule has 154 valence electrons. The first-order valence-electron chi connectivity index (χ1n) is 9.69. The predicted octanol–water partition coefficient (Wildman–Crippen LogP) is 6.71. The van der Waals surface area contributed by atoms with Gasteiger partial charge in [-0.3, -0.25) is 0 Å². The van der Waals surface area contributed by atoms with E-state index in [-0.39, 0.29) is 22.1 Å². The number of fused-ring (bicyclic) bond motifs is 1. The molecule has 0 saturated heterocycles. The van der Waals surface area contributed by atoms with Gasteiger partial charge in [-0.1, -0.05) is 63.2 Å². The molecule has 0 radical (unpaired) electrons. The van der Waals surface area contributed by atoms with E-state index in [1.807, 2.05) is 42.5 Å². The lowest BCUT2D eigenvalue weighted by Crippen LogP contribution is -2.10. The van der Waals surface area contributed by atoms with Crippen molar-refractivity contribution in [1.29, 1.82) is 0 Å². The van der Waals surface area contributed by atoms with Gasteiger partial charge in [-0.05, 0) is 36.1 Å². The number of para-hydroxylation sites is 1. The van der Waals surface area contributed by atoms with Crippen LogP contribution in [0, 0.1) is 6.92 Å². The molecule has 0 atom stereocenters. The molecule has 0 fully saturated rings. The van der Waals surface area contributed by atoms with Crippen LogP contribution in [-0.4, -0.2) is 14.8 Å². The van der Waals surface area contributed by atoms with E-state index < -0.39 is 11.7 Å². The lowest BCUT2D eigenvalue weighted by molar-refractivity contribution is -0.136. The standard InChI is InChI=1S/C24H22F3N3/c1-15-21-19(24(25,26)27)14-20(16-10-12-17(13-11-16)23(2,3)4)28-22(21)30(29-15)18-8-6-5-7-9-18/h5-14H,1-4H3. The van der Waals surface area contributed by atoms with Gasteiger partial charge in [-0.2, -0.15) is 18.3 Å². The first kappa shape index (κ1) is 20.1. The number of nitrogens with zero attached hydrogens (tertiary/aromatic N) is 3. The van der Waals surface area contributed by atoms with Crippen LogP contribution in [0.5, 0.6) is 0 Å². The second kappa shape index (κ2) is 6.97. The third kappa shape index (κ3) is 3.58. The summed E-state index contributed by atoms with van der Waals surface area (Å²) in [5, 5.41) is 4.40. The second-order valence-electron chi connectivity index (χ2n) is 8.41. The normalized spacial score (nSPS) is 12.5. The lowest BCUT2D eigenvalue weighted by Gasteiger charge is -2.19. The predicted molar refractivity (Wildman–Crippen MR) is 113 cm³/mol. The molecule has 0 N–H and O–H groups in total. The first-order chi connectivity index (χ1) is 14.1. The summed E-state index contributed by atoms with van der Waals surface area (Å²) in [6.45, 7) is 7.86. The van der Waals surface area contributed by atoms with Crippen molar-refractivity contribution in [2.75, 3.05) is 0 Å². The molecule has 3 nitrogen and oxygen atoms in total. The van der Waals surface area contributed by atoms with Crippen LogP contribution < -0.4 is 0 Å². The molecule has 4 rings (SSSR count). The average molecular weight is 409 g/mol. The van der Waals surface area contributed by atoms with E-state index in [2.05, 4.69) is 30.9 Å². The van der Waals surface area contributed by atoms with E-state index in [4.69, 9.17) is 0 Å². The molecule has 2 heterocycles. The van der Waals surface area contributed by atoms with Crippen molar-refractivity contribution in [2.24, 2.45) is 0 Å². The zero-order valence-electron chi connectivity index (χ0n) is 17.2. The van der Waals surface area contributed by atoms with Crippen LogP contribution in [0.4, 0.5) is 13.2 Å². The molecule has 6 heteroatoms. The molecular weight excluding hydrogens is 387 g/mol. The van der Waals surface area contributed by atoms with Gasteiger partial charge in [0.2, 0.25) is 0 Å². The second-order valence-corrected chi connectivity index (χ2v) is 8.41. The highest BCUT2D eigenvalue weighted by Gasteiger charge is 2.35. The van der Waals surface area contributed by atoms with Crippen molar-refractivity contribution >= 4 is 11.0 Å². The van der Waals surface area contributed by atoms with Gasteiger partial charge in [0.25, 0.3) is 0 Å². The number of benzene rings is 2. The largest absolute Gasteiger partial charge is 0.417 e. The molecule has 2 aromatic heterocycles. The molecule has 0 amide bonds. The third-order valence-corrected chi connectivity index (χ3v) is 5.17. The fourth-order valence-corrected chi connectivity index (χ4v) is 3.55. The van der Waals surface area contributed by atoms with Crippen LogP contribution in [0.25, 0.3) is 28.0 Å². The Morgan fingerprint density at radius 3 is 2.07 bits per heavy atom. The number of alkyl halides is 3. The van der Waals surface area contributed by atoms with E-state index in [1.54, 1.807) is 19.1 Å². The fraction of sp³-hybridized carbons (Fsp3) is 0.250. The van der Waals surface area contributed by atoms with E-state index in [9.17, 15) is 13.2 Å². The molecule has 0 aliphatic carbocycles. The number of aryl methyl sites for hydroxylation is 1. The van der Waals surface area contributed by atoms with Gasteiger partial charge in [0.15, 0.2) is 5.65 Å². The summed E-state index contributed by atoms with van der Waals surface area (Å²) in [4.78, 5) is 4.61. The Balaban J connectivity index is 1.98. The summed E-state index contributed by atoms with van der Waals surface area (Å²) in [6.07, 6.45) is -4.52. The van der Waals surface area contributed by atoms with Gasteiger partial charge in [0, 0.05) is 5.56 Å². The minimum absolute atomic E-state index is 0.0291. The number of hydrogen-bond acceptors (Lipinski definition) is 2. The van der Waals surface area contributed by atoms with Crippen molar-refractivity contribution in [1.82, 2.24) is 14.8 Å². The van der Waals surface area contributed by atoms with Crippen LogP contribution >= 0.6 is 0 Å². The summed E-state index contributed by atoms with van der Waals surface area (Å²) < 4.78 is 43.4. The number of aromatic nitrogens is 3. The zero-order valence-corrected chi connectivity index (χ0v) is 17.2. The maximum Gasteiger partial charge on any atom is 0.417 e. The maximum atomic E-state index is 14.0. The van der Waals surface area contributed by atoms with Crippen molar-refractivity contribution in [3.8, 4) is 16.9 Å². The number of pyridine rings is 1. The molecule has 0 bridgehead atoms. The molecule has 4 aromatic rings. The highest BCUT2D eigenvalue weighted by molar-refractivity contribution is 5.87. The van der Waals surface area contributed by atoms with Crippen LogP contribution in [0.3, 0.4) is 0 Å². The summed E-state index contributed by atoms with van der Waals surface area (Å²) in [5.74, 6) is 0. The van der Waals surface area contributed by atoms with Crippen molar-refractivity contribution in [2.45, 2.75) is 39.3 Å². The van der Waals surface area contributed by atoms with E-state index in [1.165, 1.54) is 4.68 Å². The smallest absolute Gasteiger partial charge is 0.228 e. The molecular formula is C24H22F3N3. The van der Waals surface area contributed by atoms with Gasteiger partial charge < -0.3 is 0 Å². The Kier molecular flexibility index (Phi) is 4.68. The zero-order chi connectivity index (χ0) is 21.7. The minimum atomic E-state index is -4.52. The van der Waals surface area contributed by atoms with Crippen LogP contribution in [0.15, 0.2) is 60.7 Å². The van der Waals surface area contributed by atoms with Crippen LogP contribution in [0.2, 0.25) is 0 Å². The van der Waals surface area contributed by atoms with Crippen molar-refractivity contribution in [3.05, 3.63) is 77.5 Å². The Hall–Kier alpha value is -3.15. The number of rotatable bonds is 2. The SMILES string of the molecule is Cc1nn(-c2ccccc2)c2nc(-c3ccc(C(C)(C)C)cc3)cc(C(F)(F)F)c12. The van der Waals surface area contributed by atoms with E-state index in [0.717, 1.165) is 11.6 Å². The first-order valence-corrected chi connectivity index (χ1v) is 9.69. The Bertz CT molecular complexity index is 1200. The van der Waals surface area contributed by atoms with Gasteiger partial charge >= 0.3 is 6.18 Å². The molecule has 0 aliphatic rings. The third-order valence-electron chi connectivity index (χ3n) is 5.17.